The van der Waals surface area contributed by atoms with Crippen LogP contribution in [0.4, 0.5) is 8.78 Å². The number of methoxy groups -OCH3 is 1. The largest absolute Gasteiger partial charge is 0.436 e. The van der Waals surface area contributed by atoms with Crippen LogP contribution in [0.15, 0.2) is 41.1 Å². The molecule has 7 heteroatoms. The van der Waals surface area contributed by atoms with E-state index in [1.54, 1.807) is 18.3 Å². The van der Waals surface area contributed by atoms with Gasteiger partial charge in [0.25, 0.3) is 0 Å². The maximum absolute atomic E-state index is 13.5. The number of nitrogens with zero attached hydrogens (tertiary/aromatic N) is 2. The fraction of sp³-hybridized carbons (Fsp3) is 0.231. The summed E-state index contributed by atoms with van der Waals surface area (Å²) in [6, 6.07) is 6.11. The molecule has 0 atom stereocenters. The minimum Gasteiger partial charge on any atom is -0.436 e. The summed E-state index contributed by atoms with van der Waals surface area (Å²) < 4.78 is 37.6. The smallest absolute Gasteiger partial charge is 0.312 e. The molecule has 0 aliphatic heterocycles. The normalized spacial score (nSPS) is 11.4. The molecule has 0 saturated carbocycles. The molecule has 0 fully saturated rings. The van der Waals surface area contributed by atoms with Crippen LogP contribution in [0.1, 0.15) is 5.69 Å². The Hall–Kier alpha value is -1.60. The lowest BCUT2D eigenvalue weighted by Gasteiger charge is -2.14. The zero-order valence-electron chi connectivity index (χ0n) is 10.5. The van der Waals surface area contributed by atoms with Crippen LogP contribution >= 0.6 is 15.9 Å². The number of alkyl halides is 2. The minimum absolute atomic E-state index is 0.321. The van der Waals surface area contributed by atoms with Crippen LogP contribution in [-0.4, -0.2) is 23.7 Å². The second-order valence-corrected chi connectivity index (χ2v) is 4.76. The lowest BCUT2D eigenvalue weighted by Crippen LogP contribution is -2.21. The number of rotatable bonds is 5. The standard InChI is InChI=1S/C13H11BrF2N2O2/c1-19-8-13(15,16)11-5-4-9(7-18-11)20-12-10(14)3-2-6-17-12/h2-7H,8H2,1H3. The summed E-state index contributed by atoms with van der Waals surface area (Å²) in [6.07, 6.45) is 2.79. The molecule has 2 heterocycles. The molecule has 4 nitrogen and oxygen atoms in total. The minimum atomic E-state index is -3.13. The Kier molecular flexibility index (Phi) is 4.61. The van der Waals surface area contributed by atoms with Crippen molar-refractivity contribution in [1.29, 1.82) is 0 Å². The molecule has 0 N–H and O–H groups in total. The molecule has 0 radical (unpaired) electrons. The Morgan fingerprint density at radius 2 is 2.05 bits per heavy atom. The van der Waals surface area contributed by atoms with Crippen molar-refractivity contribution in [1.82, 2.24) is 9.97 Å². The molecule has 20 heavy (non-hydrogen) atoms. The molecule has 0 bridgehead atoms. The Morgan fingerprint density at radius 3 is 2.65 bits per heavy atom. The van der Waals surface area contributed by atoms with Crippen molar-refractivity contribution in [2.24, 2.45) is 0 Å². The molecule has 2 aromatic rings. The third-order valence-corrected chi connectivity index (χ3v) is 2.98. The van der Waals surface area contributed by atoms with Gasteiger partial charge >= 0.3 is 5.92 Å². The van der Waals surface area contributed by atoms with E-state index in [4.69, 9.17) is 4.74 Å². The summed E-state index contributed by atoms with van der Waals surface area (Å²) in [5, 5.41) is 0. The molecule has 0 amide bonds. The monoisotopic (exact) mass is 344 g/mol. The first-order valence-electron chi connectivity index (χ1n) is 5.64. The third kappa shape index (κ3) is 3.49. The van der Waals surface area contributed by atoms with Crippen LogP contribution in [-0.2, 0) is 10.7 Å². The van der Waals surface area contributed by atoms with Gasteiger partial charge in [-0.3, -0.25) is 4.98 Å². The molecule has 0 saturated heterocycles. The van der Waals surface area contributed by atoms with Gasteiger partial charge in [-0.15, -0.1) is 0 Å². The van der Waals surface area contributed by atoms with Crippen molar-refractivity contribution in [2.45, 2.75) is 5.92 Å². The Balaban J connectivity index is 2.15. The van der Waals surface area contributed by atoms with E-state index >= 15 is 0 Å². The molecule has 0 aliphatic rings. The number of ether oxygens (including phenoxy) is 2. The average Bonchev–Trinajstić information content (AvgIpc) is 2.42. The van der Waals surface area contributed by atoms with E-state index in [0.29, 0.717) is 16.1 Å². The van der Waals surface area contributed by atoms with Crippen molar-refractivity contribution in [3.05, 3.63) is 46.8 Å². The third-order valence-electron chi connectivity index (χ3n) is 2.38. The summed E-state index contributed by atoms with van der Waals surface area (Å²) >= 11 is 3.28. The Bertz CT molecular complexity index is 579. The summed E-state index contributed by atoms with van der Waals surface area (Å²) in [4.78, 5) is 7.71. The molecule has 0 aliphatic carbocycles. The second kappa shape index (κ2) is 6.23. The molecular formula is C13H11BrF2N2O2. The van der Waals surface area contributed by atoms with Crippen LogP contribution in [0.2, 0.25) is 0 Å². The lowest BCUT2D eigenvalue weighted by atomic mass is 10.2. The van der Waals surface area contributed by atoms with E-state index in [-0.39, 0.29) is 5.69 Å². The van der Waals surface area contributed by atoms with Gasteiger partial charge in [-0.05, 0) is 40.2 Å². The van der Waals surface area contributed by atoms with Gasteiger partial charge in [0.05, 0.1) is 10.7 Å². The Morgan fingerprint density at radius 1 is 1.25 bits per heavy atom. The molecule has 2 rings (SSSR count). The maximum Gasteiger partial charge on any atom is 0.312 e. The number of hydrogen-bond acceptors (Lipinski definition) is 4. The van der Waals surface area contributed by atoms with Crippen LogP contribution in [0.3, 0.4) is 0 Å². The molecule has 106 valence electrons. The highest BCUT2D eigenvalue weighted by Crippen LogP contribution is 2.30. The predicted octanol–water partition coefficient (Wildman–Crippen LogP) is 3.77. The summed E-state index contributed by atoms with van der Waals surface area (Å²) in [6.45, 7) is -0.716. The van der Waals surface area contributed by atoms with Crippen molar-refractivity contribution in [3.8, 4) is 11.6 Å². The number of aromatic nitrogens is 2. The van der Waals surface area contributed by atoms with Gasteiger partial charge in [-0.25, -0.2) is 4.98 Å². The predicted molar refractivity (Wildman–Crippen MR) is 72.0 cm³/mol. The van der Waals surface area contributed by atoms with Crippen molar-refractivity contribution < 1.29 is 18.3 Å². The first-order chi connectivity index (χ1) is 9.53. The zero-order valence-corrected chi connectivity index (χ0v) is 12.1. The number of pyridine rings is 2. The lowest BCUT2D eigenvalue weighted by molar-refractivity contribution is -0.0731. The Labute approximate surface area is 122 Å². The van der Waals surface area contributed by atoms with Gasteiger partial charge in [0.2, 0.25) is 5.88 Å². The van der Waals surface area contributed by atoms with Gasteiger partial charge in [0.1, 0.15) is 18.1 Å². The summed E-state index contributed by atoms with van der Waals surface area (Å²) in [5.74, 6) is -2.47. The van der Waals surface area contributed by atoms with E-state index in [1.165, 1.54) is 25.4 Å². The van der Waals surface area contributed by atoms with Crippen molar-refractivity contribution >= 4 is 15.9 Å². The van der Waals surface area contributed by atoms with Crippen LogP contribution in [0.25, 0.3) is 0 Å². The van der Waals surface area contributed by atoms with Crippen LogP contribution in [0, 0.1) is 0 Å². The van der Waals surface area contributed by atoms with Crippen LogP contribution in [0.5, 0.6) is 11.6 Å². The molecule has 0 aromatic carbocycles. The van der Waals surface area contributed by atoms with Crippen molar-refractivity contribution in [2.75, 3.05) is 13.7 Å². The topological polar surface area (TPSA) is 44.2 Å². The first kappa shape index (κ1) is 14.8. The van der Waals surface area contributed by atoms with E-state index < -0.39 is 12.5 Å². The molecule has 0 spiro atoms. The number of halogens is 3. The van der Waals surface area contributed by atoms with E-state index in [9.17, 15) is 8.78 Å². The molecule has 0 unspecified atom stereocenters. The SMILES string of the molecule is COCC(F)(F)c1ccc(Oc2ncccc2Br)cn1. The molecule has 2 aromatic heterocycles. The van der Waals surface area contributed by atoms with Gasteiger partial charge in [0.15, 0.2) is 0 Å². The van der Waals surface area contributed by atoms with Gasteiger partial charge in [-0.2, -0.15) is 8.78 Å². The summed E-state index contributed by atoms with van der Waals surface area (Å²) in [5.41, 5.74) is -0.369. The fourth-order valence-electron chi connectivity index (χ4n) is 1.47. The number of hydrogen-bond donors (Lipinski definition) is 0. The highest BCUT2D eigenvalue weighted by Gasteiger charge is 2.33. The second-order valence-electron chi connectivity index (χ2n) is 3.91. The maximum atomic E-state index is 13.5. The van der Waals surface area contributed by atoms with E-state index in [0.717, 1.165) is 0 Å². The highest BCUT2D eigenvalue weighted by atomic mass is 79.9. The van der Waals surface area contributed by atoms with E-state index in [1.807, 2.05) is 0 Å². The highest BCUT2D eigenvalue weighted by molar-refractivity contribution is 9.10. The first-order valence-corrected chi connectivity index (χ1v) is 6.44. The quantitative estimate of drug-likeness (QED) is 0.828. The summed E-state index contributed by atoms with van der Waals surface area (Å²) in [7, 11) is 1.21. The van der Waals surface area contributed by atoms with Gasteiger partial charge in [-0.1, -0.05) is 0 Å². The fourth-order valence-corrected chi connectivity index (χ4v) is 1.81. The van der Waals surface area contributed by atoms with Gasteiger partial charge < -0.3 is 9.47 Å². The van der Waals surface area contributed by atoms with Crippen LogP contribution < -0.4 is 4.74 Å². The van der Waals surface area contributed by atoms with Gasteiger partial charge in [0, 0.05) is 13.3 Å². The zero-order chi connectivity index (χ0) is 14.6. The van der Waals surface area contributed by atoms with Crippen molar-refractivity contribution in [3.63, 3.8) is 0 Å². The van der Waals surface area contributed by atoms with E-state index in [2.05, 4.69) is 30.6 Å². The average molecular weight is 345 g/mol. The molecular weight excluding hydrogens is 334 g/mol.